The van der Waals surface area contributed by atoms with Crippen LogP contribution in [0.2, 0.25) is 0 Å². The quantitative estimate of drug-likeness (QED) is 0.669. The van der Waals surface area contributed by atoms with Gasteiger partial charge in [-0.2, -0.15) is 11.8 Å². The number of carbonyl (C=O) groups is 2. The minimum Gasteiger partial charge on any atom is -0.480 e. The molecule has 5 nitrogen and oxygen atoms in total. The highest BCUT2D eigenvalue weighted by molar-refractivity contribution is 7.99. The Bertz CT molecular complexity index is 291. The Morgan fingerprint density at radius 3 is 2.39 bits per heavy atom. The second-order valence-corrected chi connectivity index (χ2v) is 5.85. The van der Waals surface area contributed by atoms with Crippen LogP contribution < -0.4 is 10.6 Å². The van der Waals surface area contributed by atoms with Gasteiger partial charge in [0.15, 0.2) is 0 Å². The molecule has 1 fully saturated rings. The fourth-order valence-electron chi connectivity index (χ4n) is 2.23. The van der Waals surface area contributed by atoms with Crippen molar-refractivity contribution in [2.45, 2.75) is 49.9 Å². The van der Waals surface area contributed by atoms with Gasteiger partial charge >= 0.3 is 5.97 Å². The van der Waals surface area contributed by atoms with Gasteiger partial charge in [0.25, 0.3) is 0 Å². The predicted molar refractivity (Wildman–Crippen MR) is 72.8 cm³/mol. The maximum Gasteiger partial charge on any atom is 0.327 e. The SMILES string of the molecule is CSC1CCC(NCC(NC(C)=O)C(=O)O)CC1. The van der Waals surface area contributed by atoms with Crippen LogP contribution in [0.4, 0.5) is 0 Å². The summed E-state index contributed by atoms with van der Waals surface area (Å²) in [7, 11) is 0. The summed E-state index contributed by atoms with van der Waals surface area (Å²) in [6.07, 6.45) is 6.65. The van der Waals surface area contributed by atoms with Crippen molar-refractivity contribution < 1.29 is 14.7 Å². The third-order valence-electron chi connectivity index (χ3n) is 3.29. The zero-order valence-corrected chi connectivity index (χ0v) is 11.8. The van der Waals surface area contributed by atoms with Crippen molar-refractivity contribution in [1.29, 1.82) is 0 Å². The molecule has 0 radical (unpaired) electrons. The van der Waals surface area contributed by atoms with Crippen molar-refractivity contribution in [3.05, 3.63) is 0 Å². The Morgan fingerprint density at radius 1 is 1.33 bits per heavy atom. The first-order valence-corrected chi connectivity index (χ1v) is 7.57. The first-order chi connectivity index (χ1) is 8.52. The Labute approximate surface area is 112 Å². The van der Waals surface area contributed by atoms with Crippen LogP contribution in [0.5, 0.6) is 0 Å². The van der Waals surface area contributed by atoms with Gasteiger partial charge in [-0.05, 0) is 31.9 Å². The van der Waals surface area contributed by atoms with E-state index < -0.39 is 12.0 Å². The normalized spacial score (nSPS) is 25.4. The lowest BCUT2D eigenvalue weighted by atomic mass is 9.95. The molecule has 0 aromatic carbocycles. The Kier molecular flexibility index (Phi) is 6.49. The lowest BCUT2D eigenvalue weighted by Gasteiger charge is -2.29. The molecular formula is C12H22N2O3S. The molecule has 0 saturated heterocycles. The van der Waals surface area contributed by atoms with E-state index in [2.05, 4.69) is 16.9 Å². The van der Waals surface area contributed by atoms with Crippen LogP contribution in [0.25, 0.3) is 0 Å². The molecule has 1 aliphatic carbocycles. The summed E-state index contributed by atoms with van der Waals surface area (Å²) in [5, 5.41) is 15.4. The summed E-state index contributed by atoms with van der Waals surface area (Å²) in [5.41, 5.74) is 0. The van der Waals surface area contributed by atoms with Gasteiger partial charge in [0.1, 0.15) is 6.04 Å². The summed E-state index contributed by atoms with van der Waals surface area (Å²) in [6.45, 7) is 1.63. The highest BCUT2D eigenvalue weighted by Gasteiger charge is 2.23. The van der Waals surface area contributed by atoms with Gasteiger partial charge in [0, 0.05) is 24.8 Å². The first-order valence-electron chi connectivity index (χ1n) is 6.29. The molecule has 104 valence electrons. The summed E-state index contributed by atoms with van der Waals surface area (Å²) < 4.78 is 0. The number of amides is 1. The second-order valence-electron chi connectivity index (χ2n) is 4.71. The number of carboxylic acid groups (broad SMARTS) is 1. The van der Waals surface area contributed by atoms with Gasteiger partial charge in [-0.3, -0.25) is 4.79 Å². The van der Waals surface area contributed by atoms with E-state index in [0.717, 1.165) is 18.1 Å². The highest BCUT2D eigenvalue weighted by Crippen LogP contribution is 2.26. The number of hydrogen-bond donors (Lipinski definition) is 3. The molecule has 0 heterocycles. The number of carbonyl (C=O) groups excluding carboxylic acids is 1. The molecule has 3 N–H and O–H groups in total. The standard InChI is InChI=1S/C12H22N2O3S/c1-8(15)14-11(12(16)17)7-13-9-3-5-10(18-2)6-4-9/h9-11,13H,3-7H2,1-2H3,(H,14,15)(H,16,17). The number of hydrogen-bond acceptors (Lipinski definition) is 4. The van der Waals surface area contributed by atoms with Crippen molar-refractivity contribution in [2.24, 2.45) is 0 Å². The third kappa shape index (κ3) is 5.27. The number of carboxylic acids is 1. The summed E-state index contributed by atoms with van der Waals surface area (Å²) >= 11 is 1.91. The van der Waals surface area contributed by atoms with Gasteiger partial charge in [0.2, 0.25) is 5.91 Å². The average Bonchev–Trinajstić information content (AvgIpc) is 2.34. The molecule has 1 unspecified atom stereocenters. The van der Waals surface area contributed by atoms with E-state index in [9.17, 15) is 9.59 Å². The van der Waals surface area contributed by atoms with Crippen LogP contribution in [-0.2, 0) is 9.59 Å². The molecule has 0 spiro atoms. The largest absolute Gasteiger partial charge is 0.480 e. The topological polar surface area (TPSA) is 78.4 Å². The number of nitrogens with one attached hydrogen (secondary N) is 2. The Balaban J connectivity index is 2.30. The first kappa shape index (κ1) is 15.3. The van der Waals surface area contributed by atoms with Gasteiger partial charge in [-0.15, -0.1) is 0 Å². The van der Waals surface area contributed by atoms with Crippen LogP contribution in [0.15, 0.2) is 0 Å². The van der Waals surface area contributed by atoms with E-state index in [1.165, 1.54) is 19.8 Å². The molecule has 0 aromatic heterocycles. The predicted octanol–water partition coefficient (Wildman–Crippen LogP) is 0.839. The molecule has 0 bridgehead atoms. The lowest BCUT2D eigenvalue weighted by Crippen LogP contribution is -2.49. The zero-order chi connectivity index (χ0) is 13.5. The molecule has 1 atom stereocenters. The van der Waals surface area contributed by atoms with Gasteiger partial charge < -0.3 is 15.7 Å². The summed E-state index contributed by atoms with van der Waals surface area (Å²) in [6, 6.07) is -0.454. The number of aliphatic carboxylic acids is 1. The molecule has 1 saturated carbocycles. The van der Waals surface area contributed by atoms with E-state index >= 15 is 0 Å². The number of rotatable bonds is 6. The van der Waals surface area contributed by atoms with Crippen LogP contribution >= 0.6 is 11.8 Å². The maximum absolute atomic E-state index is 10.9. The molecule has 1 rings (SSSR count). The van der Waals surface area contributed by atoms with Crippen molar-refractivity contribution in [3.63, 3.8) is 0 Å². The fraction of sp³-hybridized carbons (Fsp3) is 0.833. The van der Waals surface area contributed by atoms with E-state index in [1.54, 1.807) is 0 Å². The average molecular weight is 274 g/mol. The maximum atomic E-state index is 10.9. The van der Waals surface area contributed by atoms with E-state index in [-0.39, 0.29) is 5.91 Å². The van der Waals surface area contributed by atoms with Crippen LogP contribution in [-0.4, -0.2) is 47.1 Å². The van der Waals surface area contributed by atoms with Crippen LogP contribution in [0.1, 0.15) is 32.6 Å². The monoisotopic (exact) mass is 274 g/mol. The van der Waals surface area contributed by atoms with Crippen molar-refractivity contribution in [1.82, 2.24) is 10.6 Å². The summed E-state index contributed by atoms with van der Waals surface area (Å²) in [5.74, 6) is -1.30. The second kappa shape index (κ2) is 7.63. The van der Waals surface area contributed by atoms with Crippen molar-refractivity contribution >= 4 is 23.6 Å². The van der Waals surface area contributed by atoms with Crippen LogP contribution in [0, 0.1) is 0 Å². The van der Waals surface area contributed by atoms with E-state index in [0.29, 0.717) is 12.6 Å². The zero-order valence-electron chi connectivity index (χ0n) is 10.9. The molecule has 0 aromatic rings. The minimum absolute atomic E-state index is 0.295. The molecule has 18 heavy (non-hydrogen) atoms. The summed E-state index contributed by atoms with van der Waals surface area (Å²) in [4.78, 5) is 21.8. The van der Waals surface area contributed by atoms with Crippen molar-refractivity contribution in [2.75, 3.05) is 12.8 Å². The molecule has 6 heteroatoms. The smallest absolute Gasteiger partial charge is 0.327 e. The number of thioether (sulfide) groups is 1. The van der Waals surface area contributed by atoms with E-state index in [1.807, 2.05) is 11.8 Å². The van der Waals surface area contributed by atoms with Gasteiger partial charge in [-0.25, -0.2) is 4.79 Å². The van der Waals surface area contributed by atoms with Crippen molar-refractivity contribution in [3.8, 4) is 0 Å². The third-order valence-corrected chi connectivity index (χ3v) is 4.43. The minimum atomic E-state index is -0.990. The molecular weight excluding hydrogens is 252 g/mol. The fourth-order valence-corrected chi connectivity index (χ4v) is 2.98. The lowest BCUT2D eigenvalue weighted by molar-refractivity contribution is -0.141. The van der Waals surface area contributed by atoms with Gasteiger partial charge in [-0.1, -0.05) is 0 Å². The highest BCUT2D eigenvalue weighted by atomic mass is 32.2. The Hall–Kier alpha value is -0.750. The molecule has 1 amide bonds. The van der Waals surface area contributed by atoms with Gasteiger partial charge in [0.05, 0.1) is 0 Å². The Morgan fingerprint density at radius 2 is 1.94 bits per heavy atom. The van der Waals surface area contributed by atoms with E-state index in [4.69, 9.17) is 5.11 Å². The molecule has 0 aliphatic heterocycles. The molecule has 1 aliphatic rings. The van der Waals surface area contributed by atoms with Crippen LogP contribution in [0.3, 0.4) is 0 Å².